The fourth-order valence-corrected chi connectivity index (χ4v) is 2.33. The van der Waals surface area contributed by atoms with Crippen LogP contribution in [0.3, 0.4) is 0 Å². The molecule has 0 spiro atoms. The van der Waals surface area contributed by atoms with Gasteiger partial charge < -0.3 is 23.7 Å². The third kappa shape index (κ3) is 3.32. The van der Waals surface area contributed by atoms with E-state index in [9.17, 15) is 4.79 Å². The standard InChI is InChI=1S/C13H22O6/c1-12(2)16-6-8(18-12)10(14)11(15-5)9-7-17-13(3,4)19-9/h8-9,11H,6-7H2,1-5H3/t8-,9+,11-/m0/s1. The molecule has 2 fully saturated rings. The number of rotatable bonds is 4. The van der Waals surface area contributed by atoms with Crippen LogP contribution in [0.5, 0.6) is 0 Å². The van der Waals surface area contributed by atoms with Gasteiger partial charge in [0.1, 0.15) is 18.3 Å². The predicted octanol–water partition coefficient (Wildman–Crippen LogP) is 0.873. The molecular weight excluding hydrogens is 252 g/mol. The maximum atomic E-state index is 12.4. The van der Waals surface area contributed by atoms with Gasteiger partial charge in [0.05, 0.1) is 13.2 Å². The fourth-order valence-electron chi connectivity index (χ4n) is 2.33. The summed E-state index contributed by atoms with van der Waals surface area (Å²) in [6, 6.07) is 0. The van der Waals surface area contributed by atoms with E-state index < -0.39 is 29.9 Å². The van der Waals surface area contributed by atoms with Crippen molar-refractivity contribution in [3.05, 3.63) is 0 Å². The second kappa shape index (κ2) is 5.10. The molecule has 0 unspecified atom stereocenters. The molecule has 2 rings (SSSR count). The summed E-state index contributed by atoms with van der Waals surface area (Å²) in [5, 5.41) is 0. The van der Waals surface area contributed by atoms with Gasteiger partial charge in [-0.25, -0.2) is 0 Å². The smallest absolute Gasteiger partial charge is 0.195 e. The molecule has 0 aromatic rings. The third-order valence-electron chi connectivity index (χ3n) is 3.23. The zero-order valence-electron chi connectivity index (χ0n) is 12.1. The quantitative estimate of drug-likeness (QED) is 0.758. The molecule has 0 N–H and O–H groups in total. The Balaban J connectivity index is 2.00. The Morgan fingerprint density at radius 2 is 1.68 bits per heavy atom. The van der Waals surface area contributed by atoms with E-state index in [0.717, 1.165) is 0 Å². The average Bonchev–Trinajstić information content (AvgIpc) is 2.82. The van der Waals surface area contributed by atoms with E-state index in [0.29, 0.717) is 6.61 Å². The van der Waals surface area contributed by atoms with Gasteiger partial charge in [0.25, 0.3) is 0 Å². The number of Topliss-reactive ketones (excluding diaryl/α,β-unsaturated/α-hetero) is 1. The van der Waals surface area contributed by atoms with Crippen LogP contribution in [-0.2, 0) is 28.5 Å². The number of carbonyl (C=O) groups is 1. The summed E-state index contributed by atoms with van der Waals surface area (Å²) in [6.07, 6.45) is -1.74. The predicted molar refractivity (Wildman–Crippen MR) is 65.6 cm³/mol. The lowest BCUT2D eigenvalue weighted by Crippen LogP contribution is -2.45. The second-order valence-corrected chi connectivity index (χ2v) is 5.74. The molecule has 0 amide bonds. The Labute approximate surface area is 113 Å². The summed E-state index contributed by atoms with van der Waals surface area (Å²) in [5.41, 5.74) is 0. The van der Waals surface area contributed by atoms with Crippen LogP contribution in [0.25, 0.3) is 0 Å². The van der Waals surface area contributed by atoms with E-state index in [-0.39, 0.29) is 12.4 Å². The lowest BCUT2D eigenvalue weighted by molar-refractivity contribution is -0.172. The van der Waals surface area contributed by atoms with Crippen molar-refractivity contribution in [2.75, 3.05) is 20.3 Å². The molecular formula is C13H22O6. The Morgan fingerprint density at radius 3 is 2.11 bits per heavy atom. The van der Waals surface area contributed by atoms with Crippen molar-refractivity contribution in [1.82, 2.24) is 0 Å². The molecule has 110 valence electrons. The van der Waals surface area contributed by atoms with Crippen LogP contribution >= 0.6 is 0 Å². The summed E-state index contributed by atoms with van der Waals surface area (Å²) in [7, 11) is 1.48. The summed E-state index contributed by atoms with van der Waals surface area (Å²) in [6.45, 7) is 7.74. The van der Waals surface area contributed by atoms with E-state index in [1.165, 1.54) is 7.11 Å². The van der Waals surface area contributed by atoms with Crippen molar-refractivity contribution >= 4 is 5.78 Å². The summed E-state index contributed by atoms with van der Waals surface area (Å²) < 4.78 is 27.4. The molecule has 0 aromatic heterocycles. The van der Waals surface area contributed by atoms with Gasteiger partial charge in [0, 0.05) is 7.11 Å². The van der Waals surface area contributed by atoms with Crippen molar-refractivity contribution in [2.45, 2.75) is 57.6 Å². The van der Waals surface area contributed by atoms with Crippen molar-refractivity contribution in [3.8, 4) is 0 Å². The molecule has 3 atom stereocenters. The van der Waals surface area contributed by atoms with Gasteiger partial charge in [0.2, 0.25) is 0 Å². The van der Waals surface area contributed by atoms with Crippen LogP contribution in [-0.4, -0.2) is 56.0 Å². The van der Waals surface area contributed by atoms with Crippen molar-refractivity contribution < 1.29 is 28.5 Å². The zero-order chi connectivity index (χ0) is 14.3. The number of carbonyl (C=O) groups excluding carboxylic acids is 1. The highest BCUT2D eigenvalue weighted by atomic mass is 16.8. The van der Waals surface area contributed by atoms with Crippen LogP contribution in [0.15, 0.2) is 0 Å². The monoisotopic (exact) mass is 274 g/mol. The summed E-state index contributed by atoms with van der Waals surface area (Å²) in [4.78, 5) is 12.4. The van der Waals surface area contributed by atoms with Gasteiger partial charge in [-0.05, 0) is 27.7 Å². The summed E-state index contributed by atoms with van der Waals surface area (Å²) in [5.74, 6) is -1.58. The highest BCUT2D eigenvalue weighted by Crippen LogP contribution is 2.29. The first-order chi connectivity index (χ1) is 8.74. The van der Waals surface area contributed by atoms with Crippen LogP contribution < -0.4 is 0 Å². The Morgan fingerprint density at radius 1 is 1.11 bits per heavy atom. The van der Waals surface area contributed by atoms with Gasteiger partial charge in [-0.15, -0.1) is 0 Å². The van der Waals surface area contributed by atoms with Crippen LogP contribution in [0.2, 0.25) is 0 Å². The van der Waals surface area contributed by atoms with Crippen molar-refractivity contribution in [3.63, 3.8) is 0 Å². The lowest BCUT2D eigenvalue weighted by atomic mass is 10.1. The maximum absolute atomic E-state index is 12.4. The lowest BCUT2D eigenvalue weighted by Gasteiger charge is -2.24. The van der Waals surface area contributed by atoms with Crippen LogP contribution in [0, 0.1) is 0 Å². The molecule has 0 aliphatic carbocycles. The van der Waals surface area contributed by atoms with Gasteiger partial charge in [-0.3, -0.25) is 4.79 Å². The zero-order valence-corrected chi connectivity index (χ0v) is 12.1. The number of ketones is 1. The number of methoxy groups -OCH3 is 1. The molecule has 19 heavy (non-hydrogen) atoms. The van der Waals surface area contributed by atoms with Crippen molar-refractivity contribution in [1.29, 1.82) is 0 Å². The third-order valence-corrected chi connectivity index (χ3v) is 3.23. The van der Waals surface area contributed by atoms with E-state index in [2.05, 4.69) is 0 Å². The topological polar surface area (TPSA) is 63.2 Å². The highest BCUT2D eigenvalue weighted by molar-refractivity contribution is 5.88. The normalized spacial score (nSPS) is 34.4. The number of ether oxygens (including phenoxy) is 5. The van der Waals surface area contributed by atoms with Crippen LogP contribution in [0.1, 0.15) is 27.7 Å². The van der Waals surface area contributed by atoms with Gasteiger partial charge in [-0.2, -0.15) is 0 Å². The largest absolute Gasteiger partial charge is 0.371 e. The molecule has 6 nitrogen and oxygen atoms in total. The first-order valence-corrected chi connectivity index (χ1v) is 6.44. The minimum Gasteiger partial charge on any atom is -0.371 e. The molecule has 2 aliphatic heterocycles. The second-order valence-electron chi connectivity index (χ2n) is 5.74. The minimum absolute atomic E-state index is 0.167. The van der Waals surface area contributed by atoms with Gasteiger partial charge in [-0.1, -0.05) is 0 Å². The van der Waals surface area contributed by atoms with Crippen LogP contribution in [0.4, 0.5) is 0 Å². The average molecular weight is 274 g/mol. The Hall–Kier alpha value is -0.530. The molecule has 2 heterocycles. The Kier molecular flexibility index (Phi) is 3.99. The molecule has 0 saturated carbocycles. The van der Waals surface area contributed by atoms with E-state index in [1.807, 2.05) is 13.8 Å². The van der Waals surface area contributed by atoms with Gasteiger partial charge >= 0.3 is 0 Å². The van der Waals surface area contributed by atoms with E-state index in [1.54, 1.807) is 13.8 Å². The van der Waals surface area contributed by atoms with Crippen molar-refractivity contribution in [2.24, 2.45) is 0 Å². The molecule has 0 radical (unpaired) electrons. The number of hydrogen-bond donors (Lipinski definition) is 0. The molecule has 0 bridgehead atoms. The van der Waals surface area contributed by atoms with E-state index in [4.69, 9.17) is 23.7 Å². The molecule has 0 aromatic carbocycles. The Bertz CT molecular complexity index is 351. The minimum atomic E-state index is -0.731. The van der Waals surface area contributed by atoms with Gasteiger partial charge in [0.15, 0.2) is 17.4 Å². The first kappa shape index (κ1) is 14.9. The molecule has 2 saturated heterocycles. The summed E-state index contributed by atoms with van der Waals surface area (Å²) >= 11 is 0. The SMILES string of the molecule is CO[C@H](C(=O)[C@@H]1COC(C)(C)O1)[C@H]1COC(C)(C)O1. The number of hydrogen-bond acceptors (Lipinski definition) is 6. The first-order valence-electron chi connectivity index (χ1n) is 6.44. The van der Waals surface area contributed by atoms with E-state index >= 15 is 0 Å². The molecule has 2 aliphatic rings. The highest BCUT2D eigenvalue weighted by Gasteiger charge is 2.46. The maximum Gasteiger partial charge on any atom is 0.195 e. The fraction of sp³-hybridized carbons (Fsp3) is 0.923. The molecule has 6 heteroatoms.